The standard InChI is InChI=1S/C12H15BrO2/c13-11-4-2-1-3-10(11)9-12(14)5-7-15-8-6-12/h1-4,14H,5-9H2. The van der Waals surface area contributed by atoms with Gasteiger partial charge in [-0.15, -0.1) is 0 Å². The molecule has 82 valence electrons. The summed E-state index contributed by atoms with van der Waals surface area (Å²) >= 11 is 3.50. The molecule has 0 amide bonds. The van der Waals surface area contributed by atoms with Gasteiger partial charge >= 0.3 is 0 Å². The van der Waals surface area contributed by atoms with E-state index < -0.39 is 5.60 Å². The minimum absolute atomic E-state index is 0.581. The molecule has 1 fully saturated rings. The third kappa shape index (κ3) is 2.80. The van der Waals surface area contributed by atoms with Crippen molar-refractivity contribution in [1.29, 1.82) is 0 Å². The molecule has 0 radical (unpaired) electrons. The van der Waals surface area contributed by atoms with Crippen LogP contribution in [0.25, 0.3) is 0 Å². The van der Waals surface area contributed by atoms with Crippen molar-refractivity contribution in [2.24, 2.45) is 0 Å². The van der Waals surface area contributed by atoms with Crippen LogP contribution in [0.2, 0.25) is 0 Å². The summed E-state index contributed by atoms with van der Waals surface area (Å²) < 4.78 is 6.34. The third-order valence-electron chi connectivity index (χ3n) is 2.90. The number of hydrogen-bond donors (Lipinski definition) is 1. The van der Waals surface area contributed by atoms with Crippen molar-refractivity contribution in [3.05, 3.63) is 34.3 Å². The van der Waals surface area contributed by atoms with Crippen LogP contribution in [0.4, 0.5) is 0 Å². The zero-order chi connectivity index (χ0) is 10.7. The number of benzene rings is 1. The molecule has 0 aliphatic carbocycles. The second-order valence-electron chi connectivity index (χ2n) is 4.10. The Kier molecular flexibility index (Phi) is 3.44. The lowest BCUT2D eigenvalue weighted by molar-refractivity contribution is -0.0626. The molecule has 2 nitrogen and oxygen atoms in total. The Balaban J connectivity index is 2.10. The van der Waals surface area contributed by atoms with E-state index in [0.717, 1.165) is 17.3 Å². The van der Waals surface area contributed by atoms with Gasteiger partial charge in [0.2, 0.25) is 0 Å². The van der Waals surface area contributed by atoms with Gasteiger partial charge in [-0.1, -0.05) is 34.1 Å². The average Bonchev–Trinajstić information content (AvgIpc) is 2.22. The summed E-state index contributed by atoms with van der Waals surface area (Å²) in [5.41, 5.74) is 0.587. The zero-order valence-electron chi connectivity index (χ0n) is 8.58. The molecule has 2 rings (SSSR count). The van der Waals surface area contributed by atoms with Gasteiger partial charge in [0.05, 0.1) is 5.60 Å². The van der Waals surface area contributed by atoms with Gasteiger partial charge in [-0.3, -0.25) is 0 Å². The van der Waals surface area contributed by atoms with Crippen molar-refractivity contribution in [2.45, 2.75) is 24.9 Å². The molecule has 0 aromatic heterocycles. The molecule has 15 heavy (non-hydrogen) atoms. The molecule has 0 atom stereocenters. The Hall–Kier alpha value is -0.380. The normalized spacial score (nSPS) is 20.1. The van der Waals surface area contributed by atoms with Crippen molar-refractivity contribution < 1.29 is 9.84 Å². The molecule has 1 aliphatic heterocycles. The lowest BCUT2D eigenvalue weighted by atomic mass is 9.87. The van der Waals surface area contributed by atoms with Gasteiger partial charge in [-0.05, 0) is 24.5 Å². The molecule has 3 heteroatoms. The van der Waals surface area contributed by atoms with Crippen LogP contribution in [0.3, 0.4) is 0 Å². The molecule has 1 aromatic rings. The predicted molar refractivity (Wildman–Crippen MR) is 62.8 cm³/mol. The fourth-order valence-corrected chi connectivity index (χ4v) is 2.35. The number of halogens is 1. The summed E-state index contributed by atoms with van der Waals surface area (Å²) in [5.74, 6) is 0. The molecule has 1 aromatic carbocycles. The minimum Gasteiger partial charge on any atom is -0.389 e. The highest BCUT2D eigenvalue weighted by atomic mass is 79.9. The molecule has 1 aliphatic rings. The van der Waals surface area contributed by atoms with E-state index in [0.29, 0.717) is 19.6 Å². The van der Waals surface area contributed by atoms with Crippen molar-refractivity contribution in [1.82, 2.24) is 0 Å². The van der Waals surface area contributed by atoms with Crippen LogP contribution in [-0.2, 0) is 11.2 Å². The predicted octanol–water partition coefficient (Wildman–Crippen LogP) is 2.53. The van der Waals surface area contributed by atoms with E-state index in [1.807, 2.05) is 18.2 Å². The SMILES string of the molecule is OC1(Cc2ccccc2Br)CCOCC1. The van der Waals surface area contributed by atoms with E-state index in [4.69, 9.17) is 4.74 Å². The Morgan fingerprint density at radius 3 is 2.60 bits per heavy atom. The topological polar surface area (TPSA) is 29.5 Å². The monoisotopic (exact) mass is 270 g/mol. The second-order valence-corrected chi connectivity index (χ2v) is 4.96. The maximum absolute atomic E-state index is 10.3. The summed E-state index contributed by atoms with van der Waals surface area (Å²) in [6, 6.07) is 8.06. The maximum atomic E-state index is 10.3. The van der Waals surface area contributed by atoms with Crippen molar-refractivity contribution in [3.63, 3.8) is 0 Å². The van der Waals surface area contributed by atoms with Crippen LogP contribution < -0.4 is 0 Å². The van der Waals surface area contributed by atoms with E-state index in [2.05, 4.69) is 22.0 Å². The fraction of sp³-hybridized carbons (Fsp3) is 0.500. The molecule has 0 saturated carbocycles. The van der Waals surface area contributed by atoms with Crippen LogP contribution in [0, 0.1) is 0 Å². The summed E-state index contributed by atoms with van der Waals surface area (Å²) in [5, 5.41) is 10.3. The van der Waals surface area contributed by atoms with Gasteiger partial charge in [0, 0.05) is 24.1 Å². The molecule has 0 spiro atoms. The fourth-order valence-electron chi connectivity index (χ4n) is 1.92. The number of rotatable bonds is 2. The first kappa shape index (κ1) is 11.1. The van der Waals surface area contributed by atoms with Gasteiger partial charge in [0.15, 0.2) is 0 Å². The highest BCUT2D eigenvalue weighted by Crippen LogP contribution is 2.28. The molecule has 1 N–H and O–H groups in total. The third-order valence-corrected chi connectivity index (χ3v) is 3.67. The Morgan fingerprint density at radius 1 is 1.27 bits per heavy atom. The van der Waals surface area contributed by atoms with Crippen LogP contribution in [0.15, 0.2) is 28.7 Å². The van der Waals surface area contributed by atoms with Gasteiger partial charge in [0.25, 0.3) is 0 Å². The Morgan fingerprint density at radius 2 is 1.93 bits per heavy atom. The summed E-state index contributed by atoms with van der Waals surface area (Å²) in [6.07, 6.45) is 2.17. The lowest BCUT2D eigenvalue weighted by Gasteiger charge is -2.32. The zero-order valence-corrected chi connectivity index (χ0v) is 10.2. The van der Waals surface area contributed by atoms with Crippen molar-refractivity contribution in [2.75, 3.05) is 13.2 Å². The lowest BCUT2D eigenvalue weighted by Crippen LogP contribution is -2.38. The van der Waals surface area contributed by atoms with E-state index >= 15 is 0 Å². The van der Waals surface area contributed by atoms with Crippen LogP contribution in [-0.4, -0.2) is 23.9 Å². The highest BCUT2D eigenvalue weighted by Gasteiger charge is 2.30. The smallest absolute Gasteiger partial charge is 0.0732 e. The van der Waals surface area contributed by atoms with E-state index in [-0.39, 0.29) is 0 Å². The van der Waals surface area contributed by atoms with E-state index in [9.17, 15) is 5.11 Å². The first-order valence-corrected chi connectivity index (χ1v) is 6.02. The highest BCUT2D eigenvalue weighted by molar-refractivity contribution is 9.10. The second kappa shape index (κ2) is 4.64. The Labute approximate surface area is 98.4 Å². The van der Waals surface area contributed by atoms with Gasteiger partial charge < -0.3 is 9.84 Å². The molecule has 1 saturated heterocycles. The van der Waals surface area contributed by atoms with Crippen LogP contribution in [0.5, 0.6) is 0 Å². The van der Waals surface area contributed by atoms with Gasteiger partial charge in [-0.2, -0.15) is 0 Å². The first-order valence-electron chi connectivity index (χ1n) is 5.23. The summed E-state index contributed by atoms with van der Waals surface area (Å²) in [4.78, 5) is 0. The summed E-state index contributed by atoms with van der Waals surface area (Å²) in [6.45, 7) is 1.34. The quantitative estimate of drug-likeness (QED) is 0.895. The molecular weight excluding hydrogens is 256 g/mol. The van der Waals surface area contributed by atoms with Gasteiger partial charge in [0.1, 0.15) is 0 Å². The number of aliphatic hydroxyl groups is 1. The first-order chi connectivity index (χ1) is 7.20. The molecule has 1 heterocycles. The minimum atomic E-state index is -0.581. The summed E-state index contributed by atoms with van der Waals surface area (Å²) in [7, 11) is 0. The molecular formula is C12H15BrO2. The molecule has 0 unspecified atom stereocenters. The van der Waals surface area contributed by atoms with Crippen LogP contribution >= 0.6 is 15.9 Å². The van der Waals surface area contributed by atoms with Crippen molar-refractivity contribution in [3.8, 4) is 0 Å². The maximum Gasteiger partial charge on any atom is 0.0732 e. The molecule has 0 bridgehead atoms. The largest absolute Gasteiger partial charge is 0.389 e. The van der Waals surface area contributed by atoms with Crippen LogP contribution in [0.1, 0.15) is 18.4 Å². The average molecular weight is 271 g/mol. The van der Waals surface area contributed by atoms with Gasteiger partial charge in [-0.25, -0.2) is 0 Å². The Bertz CT molecular complexity index is 332. The van der Waals surface area contributed by atoms with Crippen molar-refractivity contribution >= 4 is 15.9 Å². The number of hydrogen-bond acceptors (Lipinski definition) is 2. The van der Waals surface area contributed by atoms with E-state index in [1.54, 1.807) is 0 Å². The van der Waals surface area contributed by atoms with E-state index in [1.165, 1.54) is 5.56 Å². The number of ether oxygens (including phenoxy) is 1.